The van der Waals surface area contributed by atoms with Gasteiger partial charge in [0.05, 0.1) is 25.6 Å². The molecular formula is C22H29N3O3. The number of hydrogen-bond acceptors (Lipinski definition) is 5. The first kappa shape index (κ1) is 20.0. The Kier molecular flexibility index (Phi) is 6.74. The molecule has 1 aromatic heterocycles. The normalized spacial score (nSPS) is 13.6. The number of nitrogens with one attached hydrogen (secondary N) is 1. The zero-order valence-corrected chi connectivity index (χ0v) is 16.9. The summed E-state index contributed by atoms with van der Waals surface area (Å²) in [4.78, 5) is 19.3. The number of amides is 1. The third-order valence-electron chi connectivity index (χ3n) is 4.81. The molecule has 1 aromatic carbocycles. The van der Waals surface area contributed by atoms with Gasteiger partial charge in [0.25, 0.3) is 5.91 Å². The molecule has 1 aliphatic rings. The van der Waals surface area contributed by atoms with Gasteiger partial charge in [-0.25, -0.2) is 4.98 Å². The molecule has 1 fully saturated rings. The second-order valence-corrected chi connectivity index (χ2v) is 7.45. The number of hydrogen-bond donors (Lipinski definition) is 1. The van der Waals surface area contributed by atoms with E-state index >= 15 is 0 Å². The van der Waals surface area contributed by atoms with Gasteiger partial charge in [-0.05, 0) is 55.5 Å². The molecule has 1 saturated heterocycles. The molecule has 0 saturated carbocycles. The predicted molar refractivity (Wildman–Crippen MR) is 112 cm³/mol. The van der Waals surface area contributed by atoms with E-state index in [2.05, 4.69) is 29.0 Å². The Morgan fingerprint density at radius 3 is 2.61 bits per heavy atom. The first-order chi connectivity index (χ1) is 13.6. The summed E-state index contributed by atoms with van der Waals surface area (Å²) >= 11 is 0. The summed E-state index contributed by atoms with van der Waals surface area (Å²) in [6.07, 6.45) is 5.08. The SMILES string of the molecule is COc1cc(C(=O)Nc2ccc(N3CCCC3)nc2)ccc1OCCC(C)C. The van der Waals surface area contributed by atoms with Crippen molar-refractivity contribution >= 4 is 17.4 Å². The molecule has 0 aliphatic carbocycles. The van der Waals surface area contributed by atoms with Gasteiger partial charge in [0.1, 0.15) is 5.82 Å². The van der Waals surface area contributed by atoms with E-state index in [1.165, 1.54) is 12.8 Å². The van der Waals surface area contributed by atoms with Crippen LogP contribution in [0.2, 0.25) is 0 Å². The molecule has 2 aromatic rings. The minimum atomic E-state index is -0.206. The van der Waals surface area contributed by atoms with Gasteiger partial charge in [-0.2, -0.15) is 0 Å². The van der Waals surface area contributed by atoms with Crippen LogP contribution in [0.3, 0.4) is 0 Å². The van der Waals surface area contributed by atoms with E-state index in [0.29, 0.717) is 35.3 Å². The number of rotatable bonds is 8. The molecule has 1 amide bonds. The van der Waals surface area contributed by atoms with Crippen LogP contribution >= 0.6 is 0 Å². The van der Waals surface area contributed by atoms with Crippen molar-refractivity contribution in [2.45, 2.75) is 33.1 Å². The Balaban J connectivity index is 1.63. The highest BCUT2D eigenvalue weighted by molar-refractivity contribution is 6.04. The van der Waals surface area contributed by atoms with Crippen LogP contribution in [-0.2, 0) is 0 Å². The molecule has 0 spiro atoms. The molecule has 1 aliphatic heterocycles. The average Bonchev–Trinajstić information content (AvgIpc) is 3.23. The minimum Gasteiger partial charge on any atom is -0.493 e. The zero-order valence-electron chi connectivity index (χ0n) is 16.9. The average molecular weight is 383 g/mol. The van der Waals surface area contributed by atoms with E-state index in [1.54, 1.807) is 31.5 Å². The van der Waals surface area contributed by atoms with Crippen molar-refractivity contribution in [1.82, 2.24) is 4.98 Å². The Labute approximate surface area is 166 Å². The highest BCUT2D eigenvalue weighted by Crippen LogP contribution is 2.29. The number of ether oxygens (including phenoxy) is 2. The van der Waals surface area contributed by atoms with E-state index in [0.717, 1.165) is 25.3 Å². The molecule has 2 heterocycles. The number of anilines is 2. The van der Waals surface area contributed by atoms with Crippen molar-refractivity contribution in [2.75, 3.05) is 37.0 Å². The van der Waals surface area contributed by atoms with Crippen LogP contribution in [0.4, 0.5) is 11.5 Å². The van der Waals surface area contributed by atoms with Gasteiger partial charge in [0, 0.05) is 18.7 Å². The molecule has 1 N–H and O–H groups in total. The van der Waals surface area contributed by atoms with Gasteiger partial charge in [0.2, 0.25) is 0 Å². The van der Waals surface area contributed by atoms with Crippen molar-refractivity contribution in [3.8, 4) is 11.5 Å². The van der Waals surface area contributed by atoms with E-state index in [-0.39, 0.29) is 5.91 Å². The summed E-state index contributed by atoms with van der Waals surface area (Å²) in [6.45, 7) is 7.02. The van der Waals surface area contributed by atoms with Gasteiger partial charge in [-0.3, -0.25) is 4.79 Å². The fourth-order valence-corrected chi connectivity index (χ4v) is 3.13. The second-order valence-electron chi connectivity index (χ2n) is 7.45. The number of aromatic nitrogens is 1. The largest absolute Gasteiger partial charge is 0.493 e. The lowest BCUT2D eigenvalue weighted by Gasteiger charge is -2.16. The standard InChI is InChI=1S/C22H29N3O3/c1-16(2)10-13-28-19-8-6-17(14-20(19)27-3)22(26)24-18-7-9-21(23-15-18)25-11-4-5-12-25/h6-9,14-16H,4-5,10-13H2,1-3H3,(H,24,26). The number of benzene rings is 1. The topological polar surface area (TPSA) is 63.7 Å². The van der Waals surface area contributed by atoms with Crippen molar-refractivity contribution in [1.29, 1.82) is 0 Å². The molecule has 0 atom stereocenters. The molecule has 0 bridgehead atoms. The molecular weight excluding hydrogens is 354 g/mol. The van der Waals surface area contributed by atoms with Gasteiger partial charge >= 0.3 is 0 Å². The lowest BCUT2D eigenvalue weighted by Crippen LogP contribution is -2.19. The Morgan fingerprint density at radius 2 is 1.96 bits per heavy atom. The van der Waals surface area contributed by atoms with Crippen LogP contribution in [0.5, 0.6) is 11.5 Å². The molecule has 150 valence electrons. The summed E-state index contributed by atoms with van der Waals surface area (Å²) in [5.41, 5.74) is 1.18. The molecule has 0 radical (unpaired) electrons. The fraction of sp³-hybridized carbons (Fsp3) is 0.455. The Morgan fingerprint density at radius 1 is 1.18 bits per heavy atom. The smallest absolute Gasteiger partial charge is 0.255 e. The van der Waals surface area contributed by atoms with Crippen LogP contribution in [0, 0.1) is 5.92 Å². The van der Waals surface area contributed by atoms with Gasteiger partial charge in [0.15, 0.2) is 11.5 Å². The zero-order chi connectivity index (χ0) is 19.9. The number of pyridine rings is 1. The lowest BCUT2D eigenvalue weighted by atomic mass is 10.1. The van der Waals surface area contributed by atoms with Crippen molar-refractivity contribution in [3.05, 3.63) is 42.1 Å². The van der Waals surface area contributed by atoms with E-state index in [1.807, 2.05) is 12.1 Å². The van der Waals surface area contributed by atoms with Gasteiger partial charge in [-0.1, -0.05) is 13.8 Å². The quantitative estimate of drug-likeness (QED) is 0.733. The summed E-state index contributed by atoms with van der Waals surface area (Å²) < 4.78 is 11.2. The molecule has 6 nitrogen and oxygen atoms in total. The van der Waals surface area contributed by atoms with Crippen LogP contribution < -0.4 is 19.7 Å². The van der Waals surface area contributed by atoms with Gasteiger partial charge < -0.3 is 19.7 Å². The maximum absolute atomic E-state index is 12.6. The van der Waals surface area contributed by atoms with Crippen LogP contribution in [-0.4, -0.2) is 37.7 Å². The third kappa shape index (κ3) is 5.15. The van der Waals surface area contributed by atoms with Crippen molar-refractivity contribution in [3.63, 3.8) is 0 Å². The predicted octanol–water partition coefficient (Wildman–Crippen LogP) is 4.37. The summed E-state index contributed by atoms with van der Waals surface area (Å²) in [5.74, 6) is 2.53. The second kappa shape index (κ2) is 9.44. The van der Waals surface area contributed by atoms with Crippen LogP contribution in [0.1, 0.15) is 43.5 Å². The number of carbonyl (C=O) groups excluding carboxylic acids is 1. The lowest BCUT2D eigenvalue weighted by molar-refractivity contribution is 0.102. The molecule has 3 rings (SSSR count). The highest BCUT2D eigenvalue weighted by Gasteiger charge is 2.15. The monoisotopic (exact) mass is 383 g/mol. The summed E-state index contributed by atoms with van der Waals surface area (Å²) in [6, 6.07) is 9.07. The molecule has 28 heavy (non-hydrogen) atoms. The van der Waals surface area contributed by atoms with Gasteiger partial charge in [-0.15, -0.1) is 0 Å². The Hall–Kier alpha value is -2.76. The first-order valence-corrected chi connectivity index (χ1v) is 9.90. The number of methoxy groups -OCH3 is 1. The van der Waals surface area contributed by atoms with E-state index in [9.17, 15) is 4.79 Å². The molecule has 0 unspecified atom stereocenters. The maximum atomic E-state index is 12.6. The number of nitrogens with zero attached hydrogens (tertiary/aromatic N) is 2. The fourth-order valence-electron chi connectivity index (χ4n) is 3.13. The maximum Gasteiger partial charge on any atom is 0.255 e. The van der Waals surface area contributed by atoms with E-state index in [4.69, 9.17) is 9.47 Å². The highest BCUT2D eigenvalue weighted by atomic mass is 16.5. The number of carbonyl (C=O) groups is 1. The van der Waals surface area contributed by atoms with Crippen molar-refractivity contribution < 1.29 is 14.3 Å². The molecule has 6 heteroatoms. The Bertz CT molecular complexity index is 784. The van der Waals surface area contributed by atoms with Crippen LogP contribution in [0.25, 0.3) is 0 Å². The third-order valence-corrected chi connectivity index (χ3v) is 4.81. The summed E-state index contributed by atoms with van der Waals surface area (Å²) in [5, 5.41) is 2.89. The van der Waals surface area contributed by atoms with Crippen LogP contribution in [0.15, 0.2) is 36.5 Å². The van der Waals surface area contributed by atoms with E-state index < -0.39 is 0 Å². The summed E-state index contributed by atoms with van der Waals surface area (Å²) in [7, 11) is 1.58. The minimum absolute atomic E-state index is 0.206. The van der Waals surface area contributed by atoms with Crippen molar-refractivity contribution in [2.24, 2.45) is 5.92 Å². The first-order valence-electron chi connectivity index (χ1n) is 9.90.